The van der Waals surface area contributed by atoms with Crippen LogP contribution >= 0.6 is 15.9 Å². The van der Waals surface area contributed by atoms with Gasteiger partial charge in [0.05, 0.1) is 10.5 Å². The fourth-order valence-electron chi connectivity index (χ4n) is 1.23. The number of nitrogens with two attached hydrogens (primary N) is 1. The molecule has 1 aromatic rings. The molecule has 0 aromatic heterocycles. The summed E-state index contributed by atoms with van der Waals surface area (Å²) in [7, 11) is -3.70. The standard InChI is InChI=1S/C10H13BrN2O4S/c11-9-3-2-7(6-8(9)10(14)15)18(16,17)13-5-1-4-12/h2-3,6,13H,1,4-5,12H2,(H,14,15). The molecule has 0 radical (unpaired) electrons. The minimum Gasteiger partial charge on any atom is -0.478 e. The summed E-state index contributed by atoms with van der Waals surface area (Å²) in [5, 5.41) is 8.91. The summed E-state index contributed by atoms with van der Waals surface area (Å²) < 4.78 is 26.3. The van der Waals surface area contributed by atoms with Crippen molar-refractivity contribution in [3.8, 4) is 0 Å². The van der Waals surface area contributed by atoms with Crippen LogP contribution in [0.4, 0.5) is 0 Å². The summed E-state index contributed by atoms with van der Waals surface area (Å²) >= 11 is 3.05. The minimum absolute atomic E-state index is 0.0832. The molecule has 18 heavy (non-hydrogen) atoms. The lowest BCUT2D eigenvalue weighted by molar-refractivity contribution is 0.0695. The van der Waals surface area contributed by atoms with Gasteiger partial charge in [0, 0.05) is 11.0 Å². The van der Waals surface area contributed by atoms with Crippen LogP contribution in [0.25, 0.3) is 0 Å². The van der Waals surface area contributed by atoms with E-state index in [2.05, 4.69) is 20.7 Å². The predicted molar refractivity (Wildman–Crippen MR) is 70.0 cm³/mol. The molecule has 1 aromatic carbocycles. The Labute approximate surface area is 113 Å². The second-order valence-electron chi connectivity index (χ2n) is 3.49. The molecule has 0 aliphatic heterocycles. The van der Waals surface area contributed by atoms with Crippen LogP contribution in [0.3, 0.4) is 0 Å². The molecule has 0 saturated carbocycles. The third-order valence-electron chi connectivity index (χ3n) is 2.15. The molecule has 0 aliphatic rings. The van der Waals surface area contributed by atoms with Crippen molar-refractivity contribution in [2.45, 2.75) is 11.3 Å². The summed E-state index contributed by atoms with van der Waals surface area (Å²) in [6.07, 6.45) is 0.515. The molecule has 0 atom stereocenters. The van der Waals surface area contributed by atoms with E-state index in [1.807, 2.05) is 0 Å². The fourth-order valence-corrected chi connectivity index (χ4v) is 2.74. The average Bonchev–Trinajstić information content (AvgIpc) is 2.29. The molecular weight excluding hydrogens is 324 g/mol. The van der Waals surface area contributed by atoms with Gasteiger partial charge >= 0.3 is 5.97 Å². The number of nitrogens with one attached hydrogen (secondary N) is 1. The summed E-state index contributed by atoms with van der Waals surface area (Å²) in [5.41, 5.74) is 5.16. The van der Waals surface area contributed by atoms with Crippen LogP contribution in [0.5, 0.6) is 0 Å². The van der Waals surface area contributed by atoms with Gasteiger partial charge in [-0.25, -0.2) is 17.9 Å². The van der Waals surface area contributed by atoms with Crippen molar-refractivity contribution < 1.29 is 18.3 Å². The zero-order chi connectivity index (χ0) is 13.8. The number of carboxylic acids is 1. The third kappa shape index (κ3) is 3.77. The van der Waals surface area contributed by atoms with E-state index in [4.69, 9.17) is 10.8 Å². The fraction of sp³-hybridized carbons (Fsp3) is 0.300. The van der Waals surface area contributed by atoms with Crippen LogP contribution in [0.1, 0.15) is 16.8 Å². The Morgan fingerprint density at radius 3 is 2.67 bits per heavy atom. The topological polar surface area (TPSA) is 109 Å². The van der Waals surface area contributed by atoms with Crippen LogP contribution in [0.15, 0.2) is 27.6 Å². The van der Waals surface area contributed by atoms with Crippen molar-refractivity contribution in [3.05, 3.63) is 28.2 Å². The SMILES string of the molecule is NCCCNS(=O)(=O)c1ccc(Br)c(C(=O)O)c1. The Bertz CT molecular complexity index is 545. The highest BCUT2D eigenvalue weighted by atomic mass is 79.9. The molecule has 0 fully saturated rings. The van der Waals surface area contributed by atoms with Gasteiger partial charge in [-0.3, -0.25) is 0 Å². The Kier molecular flexibility index (Phi) is 5.27. The first kappa shape index (κ1) is 15.1. The molecule has 0 aliphatic carbocycles. The Balaban J connectivity index is 3.02. The van der Waals surface area contributed by atoms with Gasteiger partial charge in [0.2, 0.25) is 10.0 Å². The smallest absolute Gasteiger partial charge is 0.336 e. The molecule has 1 rings (SSSR count). The molecule has 0 bridgehead atoms. The van der Waals surface area contributed by atoms with E-state index in [9.17, 15) is 13.2 Å². The van der Waals surface area contributed by atoms with Gasteiger partial charge < -0.3 is 10.8 Å². The van der Waals surface area contributed by atoms with Gasteiger partial charge in [-0.05, 0) is 47.1 Å². The summed E-state index contributed by atoms with van der Waals surface area (Å²) in [6, 6.07) is 3.83. The quantitative estimate of drug-likeness (QED) is 0.665. The van der Waals surface area contributed by atoms with Gasteiger partial charge in [-0.15, -0.1) is 0 Å². The van der Waals surface area contributed by atoms with Crippen molar-refractivity contribution in [2.24, 2.45) is 5.73 Å². The zero-order valence-electron chi connectivity index (χ0n) is 9.39. The second kappa shape index (κ2) is 6.28. The van der Waals surface area contributed by atoms with Crippen molar-refractivity contribution in [1.29, 1.82) is 0 Å². The van der Waals surface area contributed by atoms with Crippen molar-refractivity contribution in [3.63, 3.8) is 0 Å². The van der Waals surface area contributed by atoms with Crippen LogP contribution in [-0.2, 0) is 10.0 Å². The lowest BCUT2D eigenvalue weighted by Gasteiger charge is -2.07. The average molecular weight is 337 g/mol. The highest BCUT2D eigenvalue weighted by Crippen LogP contribution is 2.20. The number of hydrogen-bond donors (Lipinski definition) is 3. The van der Waals surface area contributed by atoms with Crippen LogP contribution < -0.4 is 10.5 Å². The van der Waals surface area contributed by atoms with E-state index in [0.717, 1.165) is 6.07 Å². The molecule has 100 valence electrons. The lowest BCUT2D eigenvalue weighted by atomic mass is 10.2. The van der Waals surface area contributed by atoms with Crippen molar-refractivity contribution in [2.75, 3.05) is 13.1 Å². The Morgan fingerprint density at radius 2 is 2.11 bits per heavy atom. The molecule has 0 saturated heterocycles. The number of aromatic carboxylic acids is 1. The number of hydrogen-bond acceptors (Lipinski definition) is 4. The minimum atomic E-state index is -3.70. The van der Waals surface area contributed by atoms with E-state index in [1.54, 1.807) is 0 Å². The van der Waals surface area contributed by atoms with Crippen molar-refractivity contribution >= 4 is 31.9 Å². The maximum atomic E-state index is 11.8. The first-order valence-corrected chi connectivity index (χ1v) is 7.38. The predicted octanol–water partition coefficient (Wildman–Crippen LogP) is 0.774. The number of sulfonamides is 1. The normalized spacial score (nSPS) is 11.4. The van der Waals surface area contributed by atoms with Gasteiger partial charge in [0.1, 0.15) is 0 Å². The Morgan fingerprint density at radius 1 is 1.44 bits per heavy atom. The maximum absolute atomic E-state index is 11.8. The lowest BCUT2D eigenvalue weighted by Crippen LogP contribution is -2.26. The number of carbonyl (C=O) groups is 1. The van der Waals surface area contributed by atoms with Crippen LogP contribution in [-0.4, -0.2) is 32.6 Å². The summed E-state index contributed by atoms with van der Waals surface area (Å²) in [6.45, 7) is 0.598. The molecule has 0 amide bonds. The van der Waals surface area contributed by atoms with Crippen LogP contribution in [0, 0.1) is 0 Å². The van der Waals surface area contributed by atoms with E-state index in [1.165, 1.54) is 12.1 Å². The van der Waals surface area contributed by atoms with Crippen molar-refractivity contribution in [1.82, 2.24) is 4.72 Å². The van der Waals surface area contributed by atoms with E-state index >= 15 is 0 Å². The zero-order valence-corrected chi connectivity index (χ0v) is 11.8. The summed E-state index contributed by atoms with van der Waals surface area (Å²) in [4.78, 5) is 10.8. The van der Waals surface area contributed by atoms with Gasteiger partial charge in [0.25, 0.3) is 0 Å². The second-order valence-corrected chi connectivity index (χ2v) is 6.11. The molecular formula is C10H13BrN2O4S. The highest BCUT2D eigenvalue weighted by molar-refractivity contribution is 9.10. The maximum Gasteiger partial charge on any atom is 0.336 e. The van der Waals surface area contributed by atoms with Crippen LogP contribution in [0.2, 0.25) is 0 Å². The largest absolute Gasteiger partial charge is 0.478 e. The number of halogens is 1. The van der Waals surface area contributed by atoms with Gasteiger partial charge in [-0.1, -0.05) is 0 Å². The molecule has 4 N–H and O–H groups in total. The van der Waals surface area contributed by atoms with Gasteiger partial charge in [0.15, 0.2) is 0 Å². The highest BCUT2D eigenvalue weighted by Gasteiger charge is 2.17. The molecule has 6 nitrogen and oxygen atoms in total. The first-order chi connectivity index (χ1) is 8.38. The van der Waals surface area contributed by atoms with E-state index in [-0.39, 0.29) is 17.0 Å². The number of carboxylic acid groups (broad SMARTS) is 1. The monoisotopic (exact) mass is 336 g/mol. The number of benzene rings is 1. The van der Waals surface area contributed by atoms with E-state index < -0.39 is 16.0 Å². The van der Waals surface area contributed by atoms with E-state index in [0.29, 0.717) is 17.4 Å². The molecule has 0 unspecified atom stereocenters. The molecule has 0 heterocycles. The number of rotatable bonds is 6. The Hall–Kier alpha value is -0.960. The molecule has 0 spiro atoms. The first-order valence-electron chi connectivity index (χ1n) is 5.11. The summed E-state index contributed by atoms with van der Waals surface area (Å²) in [5.74, 6) is -1.19. The third-order valence-corrected chi connectivity index (χ3v) is 4.30. The molecule has 8 heteroatoms. The van der Waals surface area contributed by atoms with Gasteiger partial charge in [-0.2, -0.15) is 0 Å².